The largest absolute Gasteiger partial charge is 0.492 e. The molecule has 23 heavy (non-hydrogen) atoms. The van der Waals surface area contributed by atoms with Crippen LogP contribution < -0.4 is 9.46 Å². The second-order valence-electron chi connectivity index (χ2n) is 6.10. The highest BCUT2D eigenvalue weighted by molar-refractivity contribution is 7.89. The molecule has 2 heterocycles. The predicted octanol–water partition coefficient (Wildman–Crippen LogP) is 1.01. The van der Waals surface area contributed by atoms with Crippen molar-refractivity contribution in [2.45, 2.75) is 30.2 Å². The van der Waals surface area contributed by atoms with Gasteiger partial charge in [-0.3, -0.25) is 4.90 Å². The Morgan fingerprint density at radius 3 is 3.13 bits per heavy atom. The summed E-state index contributed by atoms with van der Waals surface area (Å²) in [7, 11) is -1.88. The van der Waals surface area contributed by atoms with E-state index in [0.29, 0.717) is 19.0 Å². The van der Waals surface area contributed by atoms with E-state index in [1.807, 2.05) is 6.07 Å². The quantitative estimate of drug-likeness (QED) is 0.837. The van der Waals surface area contributed by atoms with E-state index in [0.717, 1.165) is 44.5 Å². The fraction of sp³-hybridized carbons (Fsp3) is 0.625. The van der Waals surface area contributed by atoms with Gasteiger partial charge in [0.1, 0.15) is 10.6 Å². The number of hydrogen-bond donors (Lipinski definition) is 1. The molecule has 3 rings (SSSR count). The van der Waals surface area contributed by atoms with E-state index in [4.69, 9.17) is 9.47 Å². The van der Waals surface area contributed by atoms with Crippen molar-refractivity contribution in [3.8, 4) is 5.75 Å². The summed E-state index contributed by atoms with van der Waals surface area (Å²) in [5, 5.41) is 0. The maximum absolute atomic E-state index is 12.7. The van der Waals surface area contributed by atoms with E-state index in [-0.39, 0.29) is 10.9 Å². The number of hydrogen-bond acceptors (Lipinski definition) is 5. The molecule has 0 spiro atoms. The topological polar surface area (TPSA) is 67.9 Å². The molecule has 7 heteroatoms. The van der Waals surface area contributed by atoms with Gasteiger partial charge in [-0.1, -0.05) is 12.1 Å². The zero-order chi connectivity index (χ0) is 16.3. The number of piperidine rings is 1. The first-order chi connectivity index (χ1) is 11.1. The number of nitrogens with one attached hydrogen (secondary N) is 1. The Bertz CT molecular complexity index is 647. The molecule has 0 radical (unpaired) electrons. The number of methoxy groups -OCH3 is 1. The van der Waals surface area contributed by atoms with Crippen LogP contribution in [0.15, 0.2) is 23.1 Å². The highest BCUT2D eigenvalue weighted by Crippen LogP contribution is 2.32. The molecule has 1 atom stereocenters. The molecule has 0 aromatic heterocycles. The molecule has 1 N–H and O–H groups in total. The average Bonchev–Trinajstić information content (AvgIpc) is 3.01. The third kappa shape index (κ3) is 3.85. The summed E-state index contributed by atoms with van der Waals surface area (Å²) in [6.07, 6.45) is 2.62. The SMILES string of the molecule is COCCN1CCC[C@@H](NS(=O)(=O)c2cccc3c2OCC3)C1. The lowest BCUT2D eigenvalue weighted by molar-refractivity contribution is 0.126. The standard InChI is InChI=1S/C16H24N2O4S/c1-21-11-9-18-8-3-5-14(12-18)17-23(19,20)15-6-2-4-13-7-10-22-16(13)15/h2,4,6,14,17H,3,5,7-12H2,1H3/t14-/m1/s1. The second kappa shape index (κ2) is 7.17. The lowest BCUT2D eigenvalue weighted by atomic mass is 10.1. The molecule has 1 aromatic carbocycles. The van der Waals surface area contributed by atoms with E-state index in [1.54, 1.807) is 19.2 Å². The summed E-state index contributed by atoms with van der Waals surface area (Å²) in [6, 6.07) is 5.27. The summed E-state index contributed by atoms with van der Waals surface area (Å²) in [5.74, 6) is 0.520. The van der Waals surface area contributed by atoms with E-state index >= 15 is 0 Å². The Balaban J connectivity index is 1.70. The molecule has 1 aromatic rings. The van der Waals surface area contributed by atoms with Gasteiger partial charge >= 0.3 is 0 Å². The minimum Gasteiger partial charge on any atom is -0.492 e. The fourth-order valence-corrected chi connectivity index (χ4v) is 4.70. The van der Waals surface area contributed by atoms with Crippen LogP contribution >= 0.6 is 0 Å². The van der Waals surface area contributed by atoms with Gasteiger partial charge in [-0.05, 0) is 31.0 Å². The van der Waals surface area contributed by atoms with Gasteiger partial charge < -0.3 is 9.47 Å². The maximum Gasteiger partial charge on any atom is 0.244 e. The number of fused-ring (bicyclic) bond motifs is 1. The van der Waals surface area contributed by atoms with Crippen LogP contribution in [0.1, 0.15) is 18.4 Å². The maximum atomic E-state index is 12.7. The Kier molecular flexibility index (Phi) is 5.21. The molecule has 1 saturated heterocycles. The third-order valence-corrected chi connectivity index (χ3v) is 5.95. The average molecular weight is 340 g/mol. The van der Waals surface area contributed by atoms with Crippen molar-refractivity contribution in [1.29, 1.82) is 0 Å². The van der Waals surface area contributed by atoms with Crippen LogP contribution in [0.4, 0.5) is 0 Å². The van der Waals surface area contributed by atoms with Crippen molar-refractivity contribution in [3.05, 3.63) is 23.8 Å². The molecule has 0 saturated carbocycles. The number of rotatable bonds is 6. The summed E-state index contributed by atoms with van der Waals surface area (Å²) in [6.45, 7) is 3.76. The molecule has 6 nitrogen and oxygen atoms in total. The Morgan fingerprint density at radius 1 is 1.43 bits per heavy atom. The molecule has 128 valence electrons. The van der Waals surface area contributed by atoms with Crippen LogP contribution in [-0.2, 0) is 21.2 Å². The smallest absolute Gasteiger partial charge is 0.244 e. The first kappa shape index (κ1) is 16.7. The van der Waals surface area contributed by atoms with Crippen LogP contribution in [0.2, 0.25) is 0 Å². The molecule has 1 fully saturated rings. The Hall–Kier alpha value is -1.15. The van der Waals surface area contributed by atoms with Gasteiger partial charge in [0.2, 0.25) is 10.0 Å². The molecule has 0 bridgehead atoms. The number of ether oxygens (including phenoxy) is 2. The number of benzene rings is 1. The van der Waals surface area contributed by atoms with Crippen LogP contribution in [-0.4, -0.2) is 59.3 Å². The first-order valence-corrected chi connectivity index (χ1v) is 9.57. The van der Waals surface area contributed by atoms with E-state index in [2.05, 4.69) is 9.62 Å². The van der Waals surface area contributed by atoms with Crippen LogP contribution in [0.25, 0.3) is 0 Å². The number of likely N-dealkylation sites (tertiary alicyclic amines) is 1. The number of para-hydroxylation sites is 1. The van der Waals surface area contributed by atoms with Gasteiger partial charge in [-0.25, -0.2) is 13.1 Å². The Labute approximate surface area is 137 Å². The molecule has 0 amide bonds. The van der Waals surface area contributed by atoms with E-state index < -0.39 is 10.0 Å². The zero-order valence-corrected chi connectivity index (χ0v) is 14.3. The van der Waals surface area contributed by atoms with Crippen molar-refractivity contribution in [1.82, 2.24) is 9.62 Å². The third-order valence-electron chi connectivity index (χ3n) is 4.41. The number of nitrogens with zero attached hydrogens (tertiary/aromatic N) is 1. The van der Waals surface area contributed by atoms with Crippen molar-refractivity contribution < 1.29 is 17.9 Å². The van der Waals surface area contributed by atoms with Gasteiger partial charge in [0, 0.05) is 32.7 Å². The van der Waals surface area contributed by atoms with Gasteiger partial charge in [0.25, 0.3) is 0 Å². The van der Waals surface area contributed by atoms with Crippen molar-refractivity contribution in [2.24, 2.45) is 0 Å². The van der Waals surface area contributed by atoms with Crippen molar-refractivity contribution >= 4 is 10.0 Å². The van der Waals surface area contributed by atoms with Crippen LogP contribution in [0.5, 0.6) is 5.75 Å². The molecule has 0 aliphatic carbocycles. The van der Waals surface area contributed by atoms with Crippen LogP contribution in [0.3, 0.4) is 0 Å². The summed E-state index contributed by atoms with van der Waals surface area (Å²) in [4.78, 5) is 2.51. The zero-order valence-electron chi connectivity index (χ0n) is 13.5. The molecular formula is C16H24N2O4S. The molecule has 2 aliphatic rings. The number of sulfonamides is 1. The lowest BCUT2D eigenvalue weighted by Crippen LogP contribution is -2.48. The normalized spacial score (nSPS) is 21.9. The summed E-state index contributed by atoms with van der Waals surface area (Å²) in [5.41, 5.74) is 0.971. The fourth-order valence-electron chi connectivity index (χ4n) is 3.25. The van der Waals surface area contributed by atoms with Crippen molar-refractivity contribution in [3.63, 3.8) is 0 Å². The summed E-state index contributed by atoms with van der Waals surface area (Å²) < 4.78 is 39.0. The van der Waals surface area contributed by atoms with Gasteiger partial charge in [-0.15, -0.1) is 0 Å². The first-order valence-electron chi connectivity index (χ1n) is 8.08. The molecular weight excluding hydrogens is 316 g/mol. The lowest BCUT2D eigenvalue weighted by Gasteiger charge is -2.32. The van der Waals surface area contributed by atoms with E-state index in [9.17, 15) is 8.42 Å². The molecule has 0 unspecified atom stereocenters. The van der Waals surface area contributed by atoms with Gasteiger partial charge in [-0.2, -0.15) is 0 Å². The van der Waals surface area contributed by atoms with Gasteiger partial charge in [0.05, 0.1) is 13.2 Å². The van der Waals surface area contributed by atoms with Crippen LogP contribution in [0, 0.1) is 0 Å². The minimum absolute atomic E-state index is 0.0668. The molecule has 2 aliphatic heterocycles. The monoisotopic (exact) mass is 340 g/mol. The minimum atomic E-state index is -3.56. The Morgan fingerprint density at radius 2 is 2.30 bits per heavy atom. The van der Waals surface area contributed by atoms with Gasteiger partial charge in [0.15, 0.2) is 0 Å². The highest BCUT2D eigenvalue weighted by atomic mass is 32.2. The van der Waals surface area contributed by atoms with Crippen molar-refractivity contribution in [2.75, 3.05) is 40.0 Å². The second-order valence-corrected chi connectivity index (χ2v) is 7.78. The summed E-state index contributed by atoms with van der Waals surface area (Å²) >= 11 is 0. The highest BCUT2D eigenvalue weighted by Gasteiger charge is 2.29. The predicted molar refractivity (Wildman–Crippen MR) is 87.3 cm³/mol. The van der Waals surface area contributed by atoms with E-state index in [1.165, 1.54) is 0 Å².